The van der Waals surface area contributed by atoms with Crippen molar-refractivity contribution in [2.24, 2.45) is 5.92 Å². The molecule has 16 heavy (non-hydrogen) atoms. The summed E-state index contributed by atoms with van der Waals surface area (Å²) in [4.78, 5) is 2.54. The first-order valence-corrected chi connectivity index (χ1v) is 6.77. The molecule has 0 spiro atoms. The molecule has 1 saturated heterocycles. The first-order chi connectivity index (χ1) is 7.72. The molecular weight excluding hydrogens is 200 g/mol. The van der Waals surface area contributed by atoms with Gasteiger partial charge in [-0.05, 0) is 25.4 Å². The zero-order valence-corrected chi connectivity index (χ0v) is 11.2. The summed E-state index contributed by atoms with van der Waals surface area (Å²) in [5.74, 6) is 0.722. The van der Waals surface area contributed by atoms with Crippen LogP contribution >= 0.6 is 0 Å². The molecule has 1 atom stereocenters. The lowest BCUT2D eigenvalue weighted by atomic mass is 10.2. The number of ether oxygens (including phenoxy) is 1. The molecule has 1 N–H and O–H groups in total. The number of nitrogens with zero attached hydrogens (tertiary/aromatic N) is 1. The molecule has 0 amide bonds. The monoisotopic (exact) mass is 228 g/mol. The number of hydrogen-bond acceptors (Lipinski definition) is 3. The van der Waals surface area contributed by atoms with E-state index in [-0.39, 0.29) is 0 Å². The minimum atomic E-state index is 0.393. The summed E-state index contributed by atoms with van der Waals surface area (Å²) in [5.41, 5.74) is 0. The average Bonchev–Trinajstić information content (AvgIpc) is 2.26. The second-order valence-electron chi connectivity index (χ2n) is 5.20. The summed E-state index contributed by atoms with van der Waals surface area (Å²) in [6.45, 7) is 13.2. The maximum atomic E-state index is 5.77. The van der Waals surface area contributed by atoms with Gasteiger partial charge in [0.1, 0.15) is 0 Å². The Morgan fingerprint density at radius 3 is 2.94 bits per heavy atom. The molecule has 1 aliphatic rings. The summed E-state index contributed by atoms with van der Waals surface area (Å²) in [6.07, 6.45) is 2.99. The SMILES string of the molecule is CCCCN1CCOC(CNCC(C)C)C1. The molecule has 3 heteroatoms. The first kappa shape index (κ1) is 13.9. The fourth-order valence-electron chi connectivity index (χ4n) is 2.02. The highest BCUT2D eigenvalue weighted by Crippen LogP contribution is 2.06. The Labute approximate surface area is 101 Å². The van der Waals surface area contributed by atoms with E-state index >= 15 is 0 Å². The molecule has 0 aromatic carbocycles. The van der Waals surface area contributed by atoms with Gasteiger partial charge in [0.2, 0.25) is 0 Å². The predicted octanol–water partition coefficient (Wildman–Crippen LogP) is 1.73. The van der Waals surface area contributed by atoms with E-state index in [1.807, 2.05) is 0 Å². The molecule has 1 aliphatic heterocycles. The Morgan fingerprint density at radius 1 is 1.44 bits per heavy atom. The van der Waals surface area contributed by atoms with E-state index in [2.05, 4.69) is 31.0 Å². The number of hydrogen-bond donors (Lipinski definition) is 1. The van der Waals surface area contributed by atoms with Crippen molar-refractivity contribution in [2.45, 2.75) is 39.7 Å². The van der Waals surface area contributed by atoms with Crippen molar-refractivity contribution in [3.63, 3.8) is 0 Å². The van der Waals surface area contributed by atoms with E-state index in [1.165, 1.54) is 19.4 Å². The topological polar surface area (TPSA) is 24.5 Å². The van der Waals surface area contributed by atoms with Crippen molar-refractivity contribution < 1.29 is 4.74 Å². The number of unbranched alkanes of at least 4 members (excludes halogenated alkanes) is 1. The third-order valence-electron chi connectivity index (χ3n) is 2.98. The zero-order chi connectivity index (χ0) is 11.8. The van der Waals surface area contributed by atoms with Crippen LogP contribution in [0.2, 0.25) is 0 Å². The van der Waals surface area contributed by atoms with Crippen LogP contribution in [0.15, 0.2) is 0 Å². The third-order valence-corrected chi connectivity index (χ3v) is 2.98. The Morgan fingerprint density at radius 2 is 2.25 bits per heavy atom. The van der Waals surface area contributed by atoms with Crippen molar-refractivity contribution in [1.82, 2.24) is 10.2 Å². The van der Waals surface area contributed by atoms with Gasteiger partial charge in [0.05, 0.1) is 12.7 Å². The molecule has 0 aliphatic carbocycles. The molecule has 0 aromatic rings. The van der Waals surface area contributed by atoms with E-state index in [4.69, 9.17) is 4.74 Å². The lowest BCUT2D eigenvalue weighted by Gasteiger charge is -2.33. The molecule has 1 fully saturated rings. The Hall–Kier alpha value is -0.120. The second-order valence-corrected chi connectivity index (χ2v) is 5.20. The highest BCUT2D eigenvalue weighted by atomic mass is 16.5. The van der Waals surface area contributed by atoms with Crippen LogP contribution in [0.25, 0.3) is 0 Å². The summed E-state index contributed by atoms with van der Waals surface area (Å²) < 4.78 is 5.77. The smallest absolute Gasteiger partial charge is 0.0826 e. The van der Waals surface area contributed by atoms with Crippen LogP contribution in [-0.2, 0) is 4.74 Å². The van der Waals surface area contributed by atoms with Gasteiger partial charge >= 0.3 is 0 Å². The van der Waals surface area contributed by atoms with Gasteiger partial charge in [-0.25, -0.2) is 0 Å². The van der Waals surface area contributed by atoms with Crippen LogP contribution in [0.5, 0.6) is 0 Å². The standard InChI is InChI=1S/C13H28N2O/c1-4-5-6-15-7-8-16-13(11-15)10-14-9-12(2)3/h12-14H,4-11H2,1-3H3. The lowest BCUT2D eigenvalue weighted by molar-refractivity contribution is -0.0274. The van der Waals surface area contributed by atoms with Crippen LogP contribution in [0.3, 0.4) is 0 Å². The molecule has 0 radical (unpaired) electrons. The molecular formula is C13H28N2O. The summed E-state index contributed by atoms with van der Waals surface area (Å²) in [6, 6.07) is 0. The van der Waals surface area contributed by atoms with E-state index in [0.717, 1.165) is 38.7 Å². The van der Waals surface area contributed by atoms with Crippen LogP contribution in [-0.4, -0.2) is 50.3 Å². The third kappa shape index (κ3) is 5.83. The van der Waals surface area contributed by atoms with Crippen molar-refractivity contribution in [1.29, 1.82) is 0 Å². The van der Waals surface area contributed by atoms with Crippen molar-refractivity contribution in [3.8, 4) is 0 Å². The fraction of sp³-hybridized carbons (Fsp3) is 1.00. The van der Waals surface area contributed by atoms with Crippen LogP contribution in [0, 0.1) is 5.92 Å². The lowest BCUT2D eigenvalue weighted by Crippen LogP contribution is -2.47. The van der Waals surface area contributed by atoms with E-state index in [1.54, 1.807) is 0 Å². The largest absolute Gasteiger partial charge is 0.374 e. The Balaban J connectivity index is 2.12. The van der Waals surface area contributed by atoms with Gasteiger partial charge in [0.25, 0.3) is 0 Å². The molecule has 1 rings (SSSR count). The first-order valence-electron chi connectivity index (χ1n) is 6.77. The molecule has 1 unspecified atom stereocenters. The van der Waals surface area contributed by atoms with Gasteiger partial charge in [-0.3, -0.25) is 4.90 Å². The molecule has 0 aromatic heterocycles. The molecule has 0 bridgehead atoms. The van der Waals surface area contributed by atoms with Gasteiger partial charge in [0.15, 0.2) is 0 Å². The predicted molar refractivity (Wildman–Crippen MR) is 68.8 cm³/mol. The van der Waals surface area contributed by atoms with Crippen molar-refractivity contribution >= 4 is 0 Å². The highest BCUT2D eigenvalue weighted by Gasteiger charge is 2.19. The number of nitrogens with one attached hydrogen (secondary N) is 1. The second kappa shape index (κ2) is 8.04. The fourth-order valence-corrected chi connectivity index (χ4v) is 2.02. The van der Waals surface area contributed by atoms with E-state index < -0.39 is 0 Å². The molecule has 1 heterocycles. The van der Waals surface area contributed by atoms with Gasteiger partial charge in [-0.1, -0.05) is 27.2 Å². The summed E-state index contributed by atoms with van der Waals surface area (Å²) in [5, 5.41) is 3.48. The quantitative estimate of drug-likeness (QED) is 0.718. The van der Waals surface area contributed by atoms with Crippen molar-refractivity contribution in [3.05, 3.63) is 0 Å². The maximum Gasteiger partial charge on any atom is 0.0826 e. The molecule has 0 saturated carbocycles. The average molecular weight is 228 g/mol. The maximum absolute atomic E-state index is 5.77. The van der Waals surface area contributed by atoms with Crippen LogP contribution < -0.4 is 5.32 Å². The highest BCUT2D eigenvalue weighted by molar-refractivity contribution is 4.73. The van der Waals surface area contributed by atoms with Crippen LogP contribution in [0.4, 0.5) is 0 Å². The van der Waals surface area contributed by atoms with Gasteiger partial charge in [0, 0.05) is 19.6 Å². The normalized spacial score (nSPS) is 22.9. The van der Waals surface area contributed by atoms with E-state index in [9.17, 15) is 0 Å². The van der Waals surface area contributed by atoms with E-state index in [0.29, 0.717) is 6.10 Å². The summed E-state index contributed by atoms with van der Waals surface area (Å²) in [7, 11) is 0. The molecule has 3 nitrogen and oxygen atoms in total. The number of rotatable bonds is 7. The minimum absolute atomic E-state index is 0.393. The van der Waals surface area contributed by atoms with Gasteiger partial charge in [-0.2, -0.15) is 0 Å². The summed E-state index contributed by atoms with van der Waals surface area (Å²) >= 11 is 0. The molecule has 96 valence electrons. The Bertz CT molecular complexity index is 173. The minimum Gasteiger partial charge on any atom is -0.374 e. The Kier molecular flexibility index (Phi) is 7.01. The van der Waals surface area contributed by atoms with Gasteiger partial charge < -0.3 is 10.1 Å². The van der Waals surface area contributed by atoms with Crippen molar-refractivity contribution in [2.75, 3.05) is 39.3 Å². The number of morpholine rings is 1. The zero-order valence-electron chi connectivity index (χ0n) is 11.2. The van der Waals surface area contributed by atoms with Crippen LogP contribution in [0.1, 0.15) is 33.6 Å². The van der Waals surface area contributed by atoms with Gasteiger partial charge in [-0.15, -0.1) is 0 Å².